The lowest BCUT2D eigenvalue weighted by atomic mass is 10.0. The van der Waals surface area contributed by atoms with Crippen molar-refractivity contribution in [1.29, 1.82) is 0 Å². The first-order valence-electron chi connectivity index (χ1n) is 8.14. The number of amides is 2. The first kappa shape index (κ1) is 17.8. The van der Waals surface area contributed by atoms with Gasteiger partial charge in [-0.2, -0.15) is 0 Å². The molecule has 0 spiro atoms. The van der Waals surface area contributed by atoms with Crippen LogP contribution in [0.25, 0.3) is 0 Å². The van der Waals surface area contributed by atoms with Crippen molar-refractivity contribution in [3.63, 3.8) is 0 Å². The van der Waals surface area contributed by atoms with E-state index >= 15 is 0 Å². The van der Waals surface area contributed by atoms with Crippen molar-refractivity contribution < 1.29 is 14.7 Å². The minimum Gasteiger partial charge on any atom is -0.481 e. The number of aliphatic carboxylic acids is 1. The van der Waals surface area contributed by atoms with Crippen LogP contribution in [0, 0.1) is 11.8 Å². The van der Waals surface area contributed by atoms with Crippen LogP contribution in [0.5, 0.6) is 0 Å². The lowest BCUT2D eigenvalue weighted by molar-refractivity contribution is -0.141. The molecule has 2 atom stereocenters. The predicted octanol–water partition coefficient (Wildman–Crippen LogP) is 3.10. The second kappa shape index (κ2) is 8.90. The van der Waals surface area contributed by atoms with Gasteiger partial charge in [0.15, 0.2) is 0 Å². The summed E-state index contributed by atoms with van der Waals surface area (Å²) in [6.45, 7) is 4.54. The molecule has 122 valence electrons. The average molecular weight is 298 g/mol. The van der Waals surface area contributed by atoms with E-state index in [2.05, 4.69) is 5.32 Å². The minimum atomic E-state index is -0.747. The standard InChI is InChI=1S/C16H30N2O3/c1-12(15(19)20)7-6-8-13(2)17-16(21)18(3)11-14-9-4-5-10-14/h12-14H,4-11H2,1-3H3,(H,17,21)(H,19,20). The van der Waals surface area contributed by atoms with Crippen LogP contribution >= 0.6 is 0 Å². The number of urea groups is 1. The molecule has 0 aliphatic heterocycles. The van der Waals surface area contributed by atoms with Crippen molar-refractivity contribution in [2.45, 2.75) is 64.8 Å². The van der Waals surface area contributed by atoms with Gasteiger partial charge in [0.2, 0.25) is 0 Å². The van der Waals surface area contributed by atoms with E-state index in [0.29, 0.717) is 12.3 Å². The molecule has 0 aromatic carbocycles. The van der Waals surface area contributed by atoms with Crippen molar-refractivity contribution in [3.05, 3.63) is 0 Å². The van der Waals surface area contributed by atoms with Gasteiger partial charge >= 0.3 is 12.0 Å². The minimum absolute atomic E-state index is 0.0133. The van der Waals surface area contributed by atoms with Gasteiger partial charge in [-0.3, -0.25) is 4.79 Å². The third-order valence-electron chi connectivity index (χ3n) is 4.42. The maximum absolute atomic E-state index is 12.1. The molecule has 0 bridgehead atoms. The molecule has 5 heteroatoms. The molecular formula is C16H30N2O3. The highest BCUT2D eigenvalue weighted by atomic mass is 16.4. The Morgan fingerprint density at radius 3 is 2.43 bits per heavy atom. The SMILES string of the molecule is CC(CCCC(C)C(=O)O)NC(=O)N(C)CC1CCCC1. The number of rotatable bonds is 8. The van der Waals surface area contributed by atoms with Crippen LogP contribution in [0.2, 0.25) is 0 Å². The smallest absolute Gasteiger partial charge is 0.317 e. The number of hydrogen-bond donors (Lipinski definition) is 2. The molecule has 1 aliphatic carbocycles. The number of carbonyl (C=O) groups is 2. The molecule has 0 aromatic rings. The number of nitrogens with one attached hydrogen (secondary N) is 1. The van der Waals surface area contributed by atoms with Crippen LogP contribution in [0.3, 0.4) is 0 Å². The van der Waals surface area contributed by atoms with Crippen molar-refractivity contribution in [2.75, 3.05) is 13.6 Å². The summed E-state index contributed by atoms with van der Waals surface area (Å²) < 4.78 is 0. The molecule has 0 aromatic heterocycles. The van der Waals surface area contributed by atoms with E-state index in [1.807, 2.05) is 14.0 Å². The Bertz CT molecular complexity index is 340. The Morgan fingerprint density at radius 1 is 1.24 bits per heavy atom. The maximum atomic E-state index is 12.1. The van der Waals surface area contributed by atoms with Crippen molar-refractivity contribution in [2.24, 2.45) is 11.8 Å². The average Bonchev–Trinajstić information content (AvgIpc) is 2.91. The van der Waals surface area contributed by atoms with Gasteiger partial charge < -0.3 is 15.3 Å². The number of carbonyl (C=O) groups excluding carboxylic acids is 1. The van der Waals surface area contributed by atoms with Crippen molar-refractivity contribution in [1.82, 2.24) is 10.2 Å². The summed E-state index contributed by atoms with van der Waals surface area (Å²) in [6, 6.07) is 0.0743. The second-order valence-electron chi connectivity index (χ2n) is 6.55. The summed E-state index contributed by atoms with van der Waals surface area (Å²) in [6.07, 6.45) is 7.35. The molecule has 1 rings (SSSR count). The zero-order chi connectivity index (χ0) is 15.8. The molecule has 0 radical (unpaired) electrons. The monoisotopic (exact) mass is 298 g/mol. The van der Waals surface area contributed by atoms with Crippen LogP contribution in [0.4, 0.5) is 4.79 Å². The van der Waals surface area contributed by atoms with Gasteiger partial charge in [-0.1, -0.05) is 26.2 Å². The van der Waals surface area contributed by atoms with E-state index in [4.69, 9.17) is 5.11 Å². The fraction of sp³-hybridized carbons (Fsp3) is 0.875. The van der Waals surface area contributed by atoms with Gasteiger partial charge in [-0.25, -0.2) is 4.79 Å². The first-order chi connectivity index (χ1) is 9.90. The molecule has 0 heterocycles. The summed E-state index contributed by atoms with van der Waals surface area (Å²) >= 11 is 0. The summed E-state index contributed by atoms with van der Waals surface area (Å²) in [7, 11) is 1.85. The maximum Gasteiger partial charge on any atom is 0.317 e. The Balaban J connectivity index is 2.18. The van der Waals surface area contributed by atoms with E-state index in [1.165, 1.54) is 25.7 Å². The van der Waals surface area contributed by atoms with Crippen LogP contribution in [-0.4, -0.2) is 41.6 Å². The fourth-order valence-electron chi connectivity index (χ4n) is 2.91. The van der Waals surface area contributed by atoms with Crippen LogP contribution in [-0.2, 0) is 4.79 Å². The van der Waals surface area contributed by atoms with Gasteiger partial charge in [0, 0.05) is 19.6 Å². The van der Waals surface area contributed by atoms with Crippen molar-refractivity contribution in [3.8, 4) is 0 Å². The lowest BCUT2D eigenvalue weighted by Crippen LogP contribution is -2.43. The van der Waals surface area contributed by atoms with E-state index in [1.54, 1.807) is 11.8 Å². The topological polar surface area (TPSA) is 69.6 Å². The van der Waals surface area contributed by atoms with E-state index in [0.717, 1.165) is 19.4 Å². The van der Waals surface area contributed by atoms with E-state index in [9.17, 15) is 9.59 Å². The van der Waals surface area contributed by atoms with Gasteiger partial charge in [0.05, 0.1) is 5.92 Å². The Labute approximate surface area is 128 Å². The molecule has 2 amide bonds. The summed E-state index contributed by atoms with van der Waals surface area (Å²) in [5, 5.41) is 11.8. The quantitative estimate of drug-likeness (QED) is 0.723. The zero-order valence-electron chi connectivity index (χ0n) is 13.6. The molecule has 21 heavy (non-hydrogen) atoms. The van der Waals surface area contributed by atoms with Gasteiger partial charge in [0.25, 0.3) is 0 Å². The molecule has 0 saturated heterocycles. The van der Waals surface area contributed by atoms with E-state index < -0.39 is 5.97 Å². The molecule has 1 saturated carbocycles. The Hall–Kier alpha value is -1.26. The largest absolute Gasteiger partial charge is 0.481 e. The number of carboxylic acids is 1. The molecule has 2 unspecified atom stereocenters. The number of carboxylic acid groups (broad SMARTS) is 1. The predicted molar refractivity (Wildman–Crippen MR) is 83.2 cm³/mol. The lowest BCUT2D eigenvalue weighted by Gasteiger charge is -2.24. The first-order valence-corrected chi connectivity index (χ1v) is 8.14. The van der Waals surface area contributed by atoms with E-state index in [-0.39, 0.29) is 18.0 Å². The number of nitrogens with zero attached hydrogens (tertiary/aromatic N) is 1. The highest BCUT2D eigenvalue weighted by Crippen LogP contribution is 2.25. The molecular weight excluding hydrogens is 268 g/mol. The van der Waals surface area contributed by atoms with Gasteiger partial charge in [-0.05, 0) is 38.5 Å². The molecule has 1 fully saturated rings. The van der Waals surface area contributed by atoms with Crippen LogP contribution < -0.4 is 5.32 Å². The van der Waals surface area contributed by atoms with Crippen LogP contribution in [0.1, 0.15) is 58.8 Å². The summed E-state index contributed by atoms with van der Waals surface area (Å²) in [5.41, 5.74) is 0. The third kappa shape index (κ3) is 6.82. The Morgan fingerprint density at radius 2 is 1.86 bits per heavy atom. The third-order valence-corrected chi connectivity index (χ3v) is 4.42. The summed E-state index contributed by atoms with van der Waals surface area (Å²) in [4.78, 5) is 24.6. The van der Waals surface area contributed by atoms with Gasteiger partial charge in [0.1, 0.15) is 0 Å². The molecule has 2 N–H and O–H groups in total. The zero-order valence-corrected chi connectivity index (χ0v) is 13.6. The highest BCUT2D eigenvalue weighted by molar-refractivity contribution is 5.74. The van der Waals surface area contributed by atoms with Crippen LogP contribution in [0.15, 0.2) is 0 Å². The fourth-order valence-corrected chi connectivity index (χ4v) is 2.91. The molecule has 1 aliphatic rings. The Kier molecular flexibility index (Phi) is 7.54. The normalized spacial score (nSPS) is 18.2. The van der Waals surface area contributed by atoms with Gasteiger partial charge in [-0.15, -0.1) is 0 Å². The van der Waals surface area contributed by atoms with Crippen molar-refractivity contribution >= 4 is 12.0 Å². The summed E-state index contributed by atoms with van der Waals surface area (Å²) in [5.74, 6) is -0.395. The second-order valence-corrected chi connectivity index (χ2v) is 6.55. The molecule has 5 nitrogen and oxygen atoms in total. The highest BCUT2D eigenvalue weighted by Gasteiger charge is 2.20. The number of hydrogen-bond acceptors (Lipinski definition) is 2.